The van der Waals surface area contributed by atoms with E-state index < -0.39 is 0 Å². The summed E-state index contributed by atoms with van der Waals surface area (Å²) in [7, 11) is 1.78. The minimum Gasteiger partial charge on any atom is -0.437 e. The molecule has 0 aliphatic heterocycles. The van der Waals surface area contributed by atoms with E-state index in [1.807, 2.05) is 13.8 Å². The van der Waals surface area contributed by atoms with Crippen molar-refractivity contribution in [1.82, 2.24) is 9.78 Å². The van der Waals surface area contributed by atoms with Crippen molar-refractivity contribution in [2.24, 2.45) is 7.05 Å². The van der Waals surface area contributed by atoms with E-state index in [-0.39, 0.29) is 5.92 Å². The van der Waals surface area contributed by atoms with Gasteiger partial charge in [-0.05, 0) is 24.1 Å². The Kier molecular flexibility index (Phi) is 3.92. The summed E-state index contributed by atoms with van der Waals surface area (Å²) in [6, 6.07) is 4.99. The zero-order valence-electron chi connectivity index (χ0n) is 10.9. The number of nitrogens with zero attached hydrogens (tertiary/aromatic N) is 2. The molecule has 4 nitrogen and oxygen atoms in total. The number of nitrogens with two attached hydrogens (primary N) is 1. The molecular formula is C13H15Cl2N3O. The Morgan fingerprint density at radius 1 is 1.21 bits per heavy atom. The molecule has 102 valence electrons. The highest BCUT2D eigenvalue weighted by Crippen LogP contribution is 2.34. The molecule has 0 spiro atoms. The zero-order chi connectivity index (χ0) is 14.2. The van der Waals surface area contributed by atoms with E-state index in [2.05, 4.69) is 5.10 Å². The van der Waals surface area contributed by atoms with Crippen LogP contribution in [0.15, 0.2) is 18.2 Å². The molecule has 2 rings (SSSR count). The Bertz CT molecular complexity index is 588. The van der Waals surface area contributed by atoms with Gasteiger partial charge in [-0.3, -0.25) is 0 Å². The summed E-state index contributed by atoms with van der Waals surface area (Å²) < 4.78 is 7.35. The number of hydrogen-bond donors (Lipinski definition) is 1. The molecule has 0 bridgehead atoms. The quantitative estimate of drug-likeness (QED) is 0.923. The molecule has 1 aromatic heterocycles. The number of anilines is 1. The van der Waals surface area contributed by atoms with Crippen molar-refractivity contribution in [3.8, 4) is 11.6 Å². The first-order valence-electron chi connectivity index (χ1n) is 5.84. The molecule has 0 aliphatic carbocycles. The Balaban J connectivity index is 2.38. The van der Waals surface area contributed by atoms with Crippen LogP contribution in [0, 0.1) is 0 Å². The van der Waals surface area contributed by atoms with E-state index >= 15 is 0 Å². The maximum absolute atomic E-state index is 6.05. The van der Waals surface area contributed by atoms with Gasteiger partial charge in [0.2, 0.25) is 5.88 Å². The van der Waals surface area contributed by atoms with Gasteiger partial charge in [-0.2, -0.15) is 5.10 Å². The van der Waals surface area contributed by atoms with Gasteiger partial charge in [0.15, 0.2) is 0 Å². The van der Waals surface area contributed by atoms with Crippen LogP contribution in [-0.2, 0) is 7.05 Å². The molecule has 0 saturated carbocycles. The standard InChI is InChI=1S/C13H15Cl2N3O/c1-7(2)12-11(16)13(18(3)17-12)19-10-5-8(14)4-9(15)6-10/h4-7H,16H2,1-3H3. The molecule has 0 atom stereocenters. The van der Waals surface area contributed by atoms with Gasteiger partial charge in [0.05, 0.1) is 5.69 Å². The minimum atomic E-state index is 0.228. The highest BCUT2D eigenvalue weighted by molar-refractivity contribution is 6.34. The number of halogens is 2. The van der Waals surface area contributed by atoms with E-state index in [9.17, 15) is 0 Å². The SMILES string of the molecule is CC(C)c1nn(C)c(Oc2cc(Cl)cc(Cl)c2)c1N. The van der Waals surface area contributed by atoms with E-state index in [1.54, 1.807) is 29.9 Å². The highest BCUT2D eigenvalue weighted by Gasteiger charge is 2.18. The molecule has 6 heteroatoms. The monoisotopic (exact) mass is 299 g/mol. The molecular weight excluding hydrogens is 285 g/mol. The van der Waals surface area contributed by atoms with Crippen LogP contribution in [0.5, 0.6) is 11.6 Å². The second-order valence-electron chi connectivity index (χ2n) is 4.59. The number of ether oxygens (including phenoxy) is 1. The molecule has 1 heterocycles. The van der Waals surface area contributed by atoms with Gasteiger partial charge in [0, 0.05) is 17.1 Å². The average Bonchev–Trinajstić information content (AvgIpc) is 2.56. The third-order valence-electron chi connectivity index (χ3n) is 2.66. The molecule has 19 heavy (non-hydrogen) atoms. The summed E-state index contributed by atoms with van der Waals surface area (Å²) in [6.45, 7) is 4.05. The van der Waals surface area contributed by atoms with Crippen molar-refractivity contribution in [2.45, 2.75) is 19.8 Å². The van der Waals surface area contributed by atoms with E-state index in [0.29, 0.717) is 27.4 Å². The lowest BCUT2D eigenvalue weighted by Crippen LogP contribution is -1.97. The van der Waals surface area contributed by atoms with Crippen LogP contribution in [0.25, 0.3) is 0 Å². The third-order valence-corrected chi connectivity index (χ3v) is 3.09. The Hall–Kier alpha value is -1.39. The van der Waals surface area contributed by atoms with Crippen molar-refractivity contribution in [2.75, 3.05) is 5.73 Å². The second-order valence-corrected chi connectivity index (χ2v) is 5.46. The first kappa shape index (κ1) is 14.0. The van der Waals surface area contributed by atoms with Crippen LogP contribution in [0.4, 0.5) is 5.69 Å². The topological polar surface area (TPSA) is 53.1 Å². The van der Waals surface area contributed by atoms with E-state index in [1.165, 1.54) is 0 Å². The molecule has 2 aromatic rings. The van der Waals surface area contributed by atoms with Crippen molar-refractivity contribution in [1.29, 1.82) is 0 Å². The van der Waals surface area contributed by atoms with Gasteiger partial charge in [-0.1, -0.05) is 37.0 Å². The summed E-state index contributed by atoms with van der Waals surface area (Å²) in [5, 5.41) is 5.36. The lowest BCUT2D eigenvalue weighted by atomic mass is 10.1. The summed E-state index contributed by atoms with van der Waals surface area (Å²) in [4.78, 5) is 0. The maximum Gasteiger partial charge on any atom is 0.241 e. The van der Waals surface area contributed by atoms with Gasteiger partial charge < -0.3 is 10.5 Å². The molecule has 0 saturated heterocycles. The van der Waals surface area contributed by atoms with Crippen LogP contribution < -0.4 is 10.5 Å². The molecule has 1 aromatic carbocycles. The van der Waals surface area contributed by atoms with Crippen LogP contribution >= 0.6 is 23.2 Å². The van der Waals surface area contributed by atoms with Crippen LogP contribution in [0.2, 0.25) is 10.0 Å². The summed E-state index contributed by atoms with van der Waals surface area (Å²) >= 11 is 11.9. The van der Waals surface area contributed by atoms with Crippen molar-refractivity contribution in [3.05, 3.63) is 33.9 Å². The summed E-state index contributed by atoms with van der Waals surface area (Å²) in [6.07, 6.45) is 0. The fraction of sp³-hybridized carbons (Fsp3) is 0.308. The molecule has 0 amide bonds. The van der Waals surface area contributed by atoms with Crippen LogP contribution in [-0.4, -0.2) is 9.78 Å². The first-order chi connectivity index (χ1) is 8.88. The Morgan fingerprint density at radius 2 is 1.79 bits per heavy atom. The lowest BCUT2D eigenvalue weighted by Gasteiger charge is -2.07. The second kappa shape index (κ2) is 5.31. The number of aryl methyl sites for hydroxylation is 1. The first-order valence-corrected chi connectivity index (χ1v) is 6.60. The van der Waals surface area contributed by atoms with Gasteiger partial charge in [0.25, 0.3) is 0 Å². The predicted molar refractivity (Wildman–Crippen MR) is 78.2 cm³/mol. The van der Waals surface area contributed by atoms with E-state index in [0.717, 1.165) is 5.69 Å². The average molecular weight is 300 g/mol. The summed E-state index contributed by atoms with van der Waals surface area (Å²) in [5.41, 5.74) is 7.40. The van der Waals surface area contributed by atoms with Crippen LogP contribution in [0.3, 0.4) is 0 Å². The smallest absolute Gasteiger partial charge is 0.241 e. The molecule has 0 fully saturated rings. The molecule has 0 radical (unpaired) electrons. The van der Waals surface area contributed by atoms with Crippen molar-refractivity contribution in [3.63, 3.8) is 0 Å². The molecule has 0 unspecified atom stereocenters. The van der Waals surface area contributed by atoms with Crippen molar-refractivity contribution < 1.29 is 4.74 Å². The van der Waals surface area contributed by atoms with Gasteiger partial charge in [-0.15, -0.1) is 0 Å². The number of benzene rings is 1. The largest absolute Gasteiger partial charge is 0.437 e. The zero-order valence-corrected chi connectivity index (χ0v) is 12.5. The van der Waals surface area contributed by atoms with E-state index in [4.69, 9.17) is 33.7 Å². The highest BCUT2D eigenvalue weighted by atomic mass is 35.5. The number of nitrogen functional groups attached to an aromatic ring is 1. The molecule has 2 N–H and O–H groups in total. The predicted octanol–water partition coefficient (Wildman–Crippen LogP) is 4.22. The molecule has 0 aliphatic rings. The summed E-state index contributed by atoms with van der Waals surface area (Å²) in [5.74, 6) is 1.25. The fourth-order valence-corrected chi connectivity index (χ4v) is 2.30. The maximum atomic E-state index is 6.05. The number of rotatable bonds is 3. The Morgan fingerprint density at radius 3 is 2.26 bits per heavy atom. The normalized spacial score (nSPS) is 11.1. The van der Waals surface area contributed by atoms with Gasteiger partial charge in [-0.25, -0.2) is 4.68 Å². The fourth-order valence-electron chi connectivity index (χ4n) is 1.79. The van der Waals surface area contributed by atoms with Gasteiger partial charge in [0.1, 0.15) is 11.4 Å². The minimum absolute atomic E-state index is 0.228. The number of hydrogen-bond acceptors (Lipinski definition) is 3. The lowest BCUT2D eigenvalue weighted by molar-refractivity contribution is 0.432. The Labute approximate surface area is 122 Å². The number of aromatic nitrogens is 2. The van der Waals surface area contributed by atoms with Gasteiger partial charge >= 0.3 is 0 Å². The van der Waals surface area contributed by atoms with Crippen molar-refractivity contribution >= 4 is 28.9 Å². The third kappa shape index (κ3) is 2.96. The van der Waals surface area contributed by atoms with Crippen LogP contribution in [0.1, 0.15) is 25.5 Å².